The Bertz CT molecular complexity index is 783. The number of benzene rings is 1. The third kappa shape index (κ3) is 1.60. The van der Waals surface area contributed by atoms with Gasteiger partial charge in [-0.3, -0.25) is 4.90 Å². The van der Waals surface area contributed by atoms with Crippen molar-refractivity contribution < 1.29 is 9.90 Å². The van der Waals surface area contributed by atoms with Crippen molar-refractivity contribution >= 4 is 17.2 Å². The summed E-state index contributed by atoms with van der Waals surface area (Å²) >= 11 is 0. The van der Waals surface area contributed by atoms with Gasteiger partial charge in [-0.15, -0.1) is 0 Å². The molecule has 4 bridgehead atoms. The van der Waals surface area contributed by atoms with Crippen molar-refractivity contribution in [3.05, 3.63) is 35.5 Å². The molecule has 4 heteroatoms. The number of aromatic nitrogens is 1. The number of hydrogen-bond donors (Lipinski definition) is 2. The van der Waals surface area contributed by atoms with E-state index in [2.05, 4.69) is 41.1 Å². The van der Waals surface area contributed by atoms with Crippen LogP contribution in [0, 0.1) is 17.8 Å². The van der Waals surface area contributed by atoms with Gasteiger partial charge in [-0.2, -0.15) is 0 Å². The van der Waals surface area contributed by atoms with Crippen LogP contribution in [0.15, 0.2) is 24.3 Å². The first-order valence-corrected chi connectivity index (χ1v) is 8.67. The number of H-pyrrole nitrogens is 1. The molecule has 2 unspecified atom stereocenters. The Labute approximate surface area is 135 Å². The smallest absolute Gasteiger partial charge is 0.124 e. The molecule has 6 rings (SSSR count). The normalized spacial score (nSPS) is 41.0. The molecule has 5 heterocycles. The fraction of sp³-hybridized carbons (Fsp3) is 0.526. The zero-order chi connectivity index (χ0) is 15.7. The quantitative estimate of drug-likeness (QED) is 0.837. The molecule has 1 aromatic heterocycles. The second-order valence-corrected chi connectivity index (χ2v) is 7.50. The largest absolute Gasteiger partial charge is 0.396 e. The first kappa shape index (κ1) is 13.8. The third-order valence-corrected chi connectivity index (χ3v) is 6.78. The van der Waals surface area contributed by atoms with Crippen LogP contribution in [0.4, 0.5) is 0 Å². The van der Waals surface area contributed by atoms with Gasteiger partial charge in [0.1, 0.15) is 6.29 Å². The van der Waals surface area contributed by atoms with Crippen LogP contribution in [0.5, 0.6) is 0 Å². The van der Waals surface area contributed by atoms with E-state index in [0.29, 0.717) is 24.0 Å². The molecule has 0 aliphatic carbocycles. The fourth-order valence-corrected chi connectivity index (χ4v) is 5.80. The van der Waals surface area contributed by atoms with Crippen molar-refractivity contribution in [2.45, 2.75) is 37.9 Å². The number of carbonyl (C=O) groups excluding carboxylic acids is 1. The summed E-state index contributed by atoms with van der Waals surface area (Å²) in [7, 11) is 0. The van der Waals surface area contributed by atoms with Gasteiger partial charge in [0.05, 0.1) is 6.04 Å². The van der Waals surface area contributed by atoms with Gasteiger partial charge in [-0.05, 0) is 37.3 Å². The minimum absolute atomic E-state index is 0.0569. The summed E-state index contributed by atoms with van der Waals surface area (Å²) in [5.41, 5.74) is 3.96. The highest BCUT2D eigenvalue weighted by Gasteiger charge is 2.57. The Balaban J connectivity index is 1.69. The molecule has 0 saturated carbocycles. The van der Waals surface area contributed by atoms with Crippen LogP contribution < -0.4 is 0 Å². The summed E-state index contributed by atoms with van der Waals surface area (Å²) < 4.78 is 0. The third-order valence-electron chi connectivity index (χ3n) is 6.78. The highest BCUT2D eigenvalue weighted by molar-refractivity contribution is 5.85. The van der Waals surface area contributed by atoms with E-state index >= 15 is 0 Å². The number of carbonyl (C=O) groups is 1. The zero-order valence-electron chi connectivity index (χ0n) is 13.3. The molecule has 1 aromatic carbocycles. The molecular formula is C19H22N2O2. The highest BCUT2D eigenvalue weighted by Crippen LogP contribution is 2.55. The monoisotopic (exact) mass is 310 g/mol. The van der Waals surface area contributed by atoms with Gasteiger partial charge >= 0.3 is 0 Å². The van der Waals surface area contributed by atoms with Gasteiger partial charge in [0, 0.05) is 47.1 Å². The molecule has 4 aliphatic heterocycles. The Morgan fingerprint density at radius 1 is 1.39 bits per heavy atom. The second kappa shape index (κ2) is 4.68. The van der Waals surface area contributed by atoms with Crippen molar-refractivity contribution in [1.29, 1.82) is 0 Å². The average Bonchev–Trinajstić information content (AvgIpc) is 2.94. The van der Waals surface area contributed by atoms with Crippen LogP contribution in [0.2, 0.25) is 0 Å². The van der Waals surface area contributed by atoms with E-state index in [0.717, 1.165) is 19.1 Å². The van der Waals surface area contributed by atoms with Gasteiger partial charge in [0.25, 0.3) is 0 Å². The Morgan fingerprint density at radius 3 is 3.00 bits per heavy atom. The molecular weight excluding hydrogens is 288 g/mol. The number of piperidine rings is 3. The highest BCUT2D eigenvalue weighted by atomic mass is 16.3. The van der Waals surface area contributed by atoms with E-state index in [1.165, 1.54) is 22.2 Å². The molecule has 3 fully saturated rings. The molecule has 0 amide bonds. The molecule has 4 nitrogen and oxygen atoms in total. The van der Waals surface area contributed by atoms with Crippen molar-refractivity contribution in [2.75, 3.05) is 6.61 Å². The summed E-state index contributed by atoms with van der Waals surface area (Å²) in [5, 5.41) is 11.1. The van der Waals surface area contributed by atoms with E-state index in [9.17, 15) is 9.90 Å². The number of aliphatic hydroxyl groups excluding tert-OH is 1. The van der Waals surface area contributed by atoms with Gasteiger partial charge in [0.2, 0.25) is 0 Å². The van der Waals surface area contributed by atoms with E-state index in [1.807, 2.05) is 0 Å². The Kier molecular flexibility index (Phi) is 2.80. The van der Waals surface area contributed by atoms with Crippen LogP contribution in [0.25, 0.3) is 10.9 Å². The molecule has 2 aromatic rings. The van der Waals surface area contributed by atoms with Crippen molar-refractivity contribution in [1.82, 2.24) is 9.88 Å². The lowest BCUT2D eigenvalue weighted by Gasteiger charge is -2.62. The number of para-hydroxylation sites is 1. The molecule has 4 aliphatic rings. The molecule has 2 N–H and O–H groups in total. The lowest BCUT2D eigenvalue weighted by molar-refractivity contribution is -0.153. The number of fused-ring (bicyclic) bond motifs is 4. The maximum absolute atomic E-state index is 11.8. The Hall–Kier alpha value is -1.65. The van der Waals surface area contributed by atoms with Crippen LogP contribution in [0.3, 0.4) is 0 Å². The molecule has 0 spiro atoms. The first-order valence-electron chi connectivity index (χ1n) is 8.67. The van der Waals surface area contributed by atoms with Gasteiger partial charge in [-0.1, -0.05) is 18.2 Å². The molecule has 0 radical (unpaired) electrons. The van der Waals surface area contributed by atoms with Crippen molar-refractivity contribution in [2.24, 2.45) is 17.8 Å². The van der Waals surface area contributed by atoms with Crippen molar-refractivity contribution in [3.8, 4) is 0 Å². The minimum atomic E-state index is 0.0569. The van der Waals surface area contributed by atoms with Crippen LogP contribution in [-0.2, 0) is 11.2 Å². The molecule has 23 heavy (non-hydrogen) atoms. The van der Waals surface area contributed by atoms with E-state index in [-0.39, 0.29) is 18.4 Å². The summed E-state index contributed by atoms with van der Waals surface area (Å²) in [5.74, 6) is 0.595. The summed E-state index contributed by atoms with van der Waals surface area (Å²) in [6.45, 7) is 2.41. The molecule has 7 atom stereocenters. The van der Waals surface area contributed by atoms with E-state index in [4.69, 9.17) is 0 Å². The predicted molar refractivity (Wildman–Crippen MR) is 88.1 cm³/mol. The molecule has 120 valence electrons. The number of nitrogens with one attached hydrogen (secondary N) is 1. The number of rotatable bonds is 2. The first-order chi connectivity index (χ1) is 11.2. The summed E-state index contributed by atoms with van der Waals surface area (Å²) in [6, 6.07) is 9.49. The zero-order valence-corrected chi connectivity index (χ0v) is 13.3. The van der Waals surface area contributed by atoms with Crippen molar-refractivity contribution in [3.63, 3.8) is 0 Å². The van der Waals surface area contributed by atoms with Crippen LogP contribution >= 0.6 is 0 Å². The number of nitrogens with zero attached hydrogens (tertiary/aromatic N) is 1. The van der Waals surface area contributed by atoms with Crippen LogP contribution in [-0.4, -0.2) is 40.0 Å². The molecule has 3 saturated heterocycles. The Morgan fingerprint density at radius 2 is 2.22 bits per heavy atom. The standard InChI is InChI=1S/C19H22N2O2/c1-10-14(8-22)12-6-18-19-13(7-17(21(10)18)15(12)9-23)11-4-2-3-5-16(11)20-19/h2-5,9-10,12,14-15,17-18,20,22H,6-8H2,1H3/t10-,12?,14-,15+,17-,18-/m0/s1. The number of aliphatic hydroxyl groups is 1. The van der Waals surface area contributed by atoms with Gasteiger partial charge < -0.3 is 14.9 Å². The number of hydrogen-bond acceptors (Lipinski definition) is 3. The topological polar surface area (TPSA) is 56.3 Å². The SMILES string of the molecule is C[C@H]1[C@H](CO)C2C[C@H]3c4[nH]c5ccccc5c4C[C@@H]([C@@H]2C=O)N31. The minimum Gasteiger partial charge on any atom is -0.396 e. The van der Waals surface area contributed by atoms with Crippen LogP contribution in [0.1, 0.15) is 30.6 Å². The van der Waals surface area contributed by atoms with E-state index < -0.39 is 0 Å². The maximum atomic E-state index is 11.8. The second-order valence-electron chi connectivity index (χ2n) is 7.50. The predicted octanol–water partition coefficient (Wildman–Crippen LogP) is 2.28. The average molecular weight is 310 g/mol. The number of aromatic amines is 1. The summed E-state index contributed by atoms with van der Waals surface area (Å²) in [6.07, 6.45) is 3.08. The van der Waals surface area contributed by atoms with E-state index in [1.54, 1.807) is 0 Å². The lowest BCUT2D eigenvalue weighted by Crippen LogP contribution is -2.67. The maximum Gasteiger partial charge on any atom is 0.124 e. The van der Waals surface area contributed by atoms with Gasteiger partial charge in [0.15, 0.2) is 0 Å². The van der Waals surface area contributed by atoms with Gasteiger partial charge in [-0.25, -0.2) is 0 Å². The fourth-order valence-electron chi connectivity index (χ4n) is 5.80. The lowest BCUT2D eigenvalue weighted by atomic mass is 9.60. The number of aldehydes is 1. The summed E-state index contributed by atoms with van der Waals surface area (Å²) in [4.78, 5) is 18.0.